The summed E-state index contributed by atoms with van der Waals surface area (Å²) in [5.41, 5.74) is 1.88. The summed E-state index contributed by atoms with van der Waals surface area (Å²) in [6.07, 6.45) is -1.14. The van der Waals surface area contributed by atoms with Gasteiger partial charge < -0.3 is 10.0 Å². The van der Waals surface area contributed by atoms with Gasteiger partial charge in [0.1, 0.15) is 5.82 Å². The Hall–Kier alpha value is -4.27. The Morgan fingerprint density at radius 3 is 1.72 bits per heavy atom. The van der Waals surface area contributed by atoms with Crippen LogP contribution in [0, 0.1) is 5.82 Å². The fourth-order valence-corrected chi connectivity index (χ4v) is 6.40. The zero-order valence-electron chi connectivity index (χ0n) is 21.0. The van der Waals surface area contributed by atoms with Crippen LogP contribution < -0.4 is 0 Å². The molecule has 1 amide bonds. The normalized spacial score (nSPS) is 16.0. The smallest absolute Gasteiger partial charge is 0.407 e. The van der Waals surface area contributed by atoms with Gasteiger partial charge in [-0.3, -0.25) is 4.90 Å². The van der Waals surface area contributed by atoms with E-state index in [1.54, 1.807) is 6.07 Å². The standard InChI is InChI=1S/C31H27FN2O4S/c32-27-18-10-11-23(21-27)29(39(37)38)28-22-33(30(35)36)19-20-34(28)31(24-12-4-1-5-13-24,25-14-6-2-7-15-25)26-16-8-3-9-17-26/h1-18,21,28H,19-20,22H2,(H,35,36)/t28-/m0/s1. The second kappa shape index (κ2) is 11.2. The molecule has 8 heteroatoms. The molecule has 0 aromatic heterocycles. The van der Waals surface area contributed by atoms with Crippen LogP contribution in [0.1, 0.15) is 22.3 Å². The number of amides is 1. The maximum atomic E-state index is 14.4. The molecule has 39 heavy (non-hydrogen) atoms. The molecule has 1 N–H and O–H groups in total. The maximum Gasteiger partial charge on any atom is 0.407 e. The van der Waals surface area contributed by atoms with E-state index in [2.05, 4.69) is 4.90 Å². The molecule has 0 spiro atoms. The Balaban J connectivity index is 1.85. The molecule has 1 fully saturated rings. The molecule has 1 atom stereocenters. The molecule has 5 rings (SSSR count). The van der Waals surface area contributed by atoms with Crippen molar-refractivity contribution < 1.29 is 22.7 Å². The predicted molar refractivity (Wildman–Crippen MR) is 149 cm³/mol. The Labute approximate surface area is 228 Å². The van der Waals surface area contributed by atoms with Crippen molar-refractivity contribution in [2.75, 3.05) is 19.6 Å². The molecule has 0 aliphatic carbocycles. The van der Waals surface area contributed by atoms with E-state index in [1.807, 2.05) is 91.0 Å². The monoisotopic (exact) mass is 542 g/mol. The Morgan fingerprint density at radius 2 is 1.28 bits per heavy atom. The van der Waals surface area contributed by atoms with Gasteiger partial charge in [-0.05, 0) is 34.4 Å². The van der Waals surface area contributed by atoms with Gasteiger partial charge in [0, 0.05) is 19.6 Å². The maximum absolute atomic E-state index is 14.4. The third kappa shape index (κ3) is 4.96. The molecular formula is C31H27FN2O4S. The number of carbonyl (C=O) groups is 1. The topological polar surface area (TPSA) is 77.9 Å². The Bertz CT molecular complexity index is 1490. The number of piperazine rings is 1. The molecule has 198 valence electrons. The molecule has 0 saturated carbocycles. The van der Waals surface area contributed by atoms with E-state index in [1.165, 1.54) is 23.1 Å². The first kappa shape index (κ1) is 26.3. The lowest BCUT2D eigenvalue weighted by atomic mass is 9.74. The molecule has 6 nitrogen and oxygen atoms in total. The van der Waals surface area contributed by atoms with E-state index in [-0.39, 0.29) is 30.1 Å². The van der Waals surface area contributed by atoms with E-state index in [0.717, 1.165) is 16.7 Å². The number of halogens is 1. The second-order valence-electron chi connectivity index (χ2n) is 9.36. The SMILES string of the molecule is O=C(O)N1CCN(C(c2ccccc2)(c2ccccc2)c2ccccc2)[C@H](C(c2cccc(F)c2)=S(=O)=O)C1. The summed E-state index contributed by atoms with van der Waals surface area (Å²) >= 11 is 0. The summed E-state index contributed by atoms with van der Waals surface area (Å²) in [6, 6.07) is 33.8. The van der Waals surface area contributed by atoms with E-state index >= 15 is 0 Å². The van der Waals surface area contributed by atoms with E-state index in [9.17, 15) is 22.7 Å². The van der Waals surface area contributed by atoms with Gasteiger partial charge in [-0.1, -0.05) is 103 Å². The minimum Gasteiger partial charge on any atom is -0.465 e. The predicted octanol–water partition coefficient (Wildman–Crippen LogP) is 4.88. The highest BCUT2D eigenvalue weighted by Crippen LogP contribution is 2.44. The van der Waals surface area contributed by atoms with Crippen LogP contribution in [0.25, 0.3) is 0 Å². The van der Waals surface area contributed by atoms with Crippen LogP contribution in [0.3, 0.4) is 0 Å². The van der Waals surface area contributed by atoms with Crippen molar-refractivity contribution in [2.45, 2.75) is 11.6 Å². The highest BCUT2D eigenvalue weighted by molar-refractivity contribution is 7.73. The summed E-state index contributed by atoms with van der Waals surface area (Å²) in [6.45, 7) is 0.289. The van der Waals surface area contributed by atoms with Crippen molar-refractivity contribution >= 4 is 21.3 Å². The summed E-state index contributed by atoms with van der Waals surface area (Å²) in [4.78, 5) is 15.4. The Morgan fingerprint density at radius 1 is 0.769 bits per heavy atom. The van der Waals surface area contributed by atoms with Gasteiger partial charge in [0.05, 0.1) is 16.4 Å². The lowest BCUT2D eigenvalue weighted by molar-refractivity contribution is 0.0487. The molecule has 0 unspecified atom stereocenters. The van der Waals surface area contributed by atoms with Crippen molar-refractivity contribution in [3.8, 4) is 0 Å². The number of benzene rings is 4. The lowest BCUT2D eigenvalue weighted by Crippen LogP contribution is -2.64. The molecular weight excluding hydrogens is 515 g/mol. The summed E-state index contributed by atoms with van der Waals surface area (Å²) in [5, 5.41) is 9.92. The Kier molecular flexibility index (Phi) is 7.58. The fourth-order valence-electron chi connectivity index (χ4n) is 5.66. The average molecular weight is 543 g/mol. The van der Waals surface area contributed by atoms with Crippen LogP contribution in [-0.4, -0.2) is 60.0 Å². The molecule has 4 aromatic carbocycles. The summed E-state index contributed by atoms with van der Waals surface area (Å²) in [5.74, 6) is -0.576. The van der Waals surface area contributed by atoms with Crippen LogP contribution in [0.4, 0.5) is 9.18 Å². The largest absolute Gasteiger partial charge is 0.465 e. The molecule has 0 radical (unpaired) electrons. The van der Waals surface area contributed by atoms with Crippen LogP contribution in [-0.2, 0) is 15.8 Å². The number of nitrogens with zero attached hydrogens (tertiary/aromatic N) is 2. The second-order valence-corrected chi connectivity index (χ2v) is 10.3. The van der Waals surface area contributed by atoms with Crippen LogP contribution >= 0.6 is 0 Å². The summed E-state index contributed by atoms with van der Waals surface area (Å²) < 4.78 is 40.2. The third-order valence-electron chi connectivity index (χ3n) is 7.25. The van der Waals surface area contributed by atoms with Crippen molar-refractivity contribution in [1.82, 2.24) is 9.80 Å². The van der Waals surface area contributed by atoms with Crippen molar-refractivity contribution in [3.63, 3.8) is 0 Å². The van der Waals surface area contributed by atoms with Gasteiger partial charge in [0.2, 0.25) is 10.3 Å². The van der Waals surface area contributed by atoms with Gasteiger partial charge in [-0.2, -0.15) is 8.42 Å². The van der Waals surface area contributed by atoms with Gasteiger partial charge in [0.15, 0.2) is 0 Å². The number of hydrogen-bond acceptors (Lipinski definition) is 4. The van der Waals surface area contributed by atoms with Crippen LogP contribution in [0.2, 0.25) is 0 Å². The highest BCUT2D eigenvalue weighted by Gasteiger charge is 2.49. The fraction of sp³-hybridized carbons (Fsp3) is 0.161. The van der Waals surface area contributed by atoms with Crippen LogP contribution in [0.15, 0.2) is 115 Å². The van der Waals surface area contributed by atoms with Crippen molar-refractivity contribution in [3.05, 3.63) is 143 Å². The zero-order valence-corrected chi connectivity index (χ0v) is 21.8. The first-order valence-electron chi connectivity index (χ1n) is 12.6. The number of carboxylic acid groups (broad SMARTS) is 1. The van der Waals surface area contributed by atoms with E-state index < -0.39 is 33.8 Å². The van der Waals surface area contributed by atoms with Gasteiger partial charge in [-0.15, -0.1) is 0 Å². The molecule has 1 aliphatic heterocycles. The quantitative estimate of drug-likeness (QED) is 0.214. The van der Waals surface area contributed by atoms with E-state index in [0.29, 0.717) is 0 Å². The van der Waals surface area contributed by atoms with Gasteiger partial charge in [0.25, 0.3) is 0 Å². The first-order chi connectivity index (χ1) is 18.9. The van der Waals surface area contributed by atoms with Gasteiger partial charge >= 0.3 is 6.09 Å². The number of rotatable bonds is 6. The third-order valence-corrected chi connectivity index (χ3v) is 8.11. The highest BCUT2D eigenvalue weighted by atomic mass is 32.2. The average Bonchev–Trinajstić information content (AvgIpc) is 2.96. The molecule has 1 aliphatic rings. The van der Waals surface area contributed by atoms with Crippen molar-refractivity contribution in [2.24, 2.45) is 0 Å². The zero-order chi connectivity index (χ0) is 27.4. The van der Waals surface area contributed by atoms with E-state index in [4.69, 9.17) is 0 Å². The molecule has 1 saturated heterocycles. The lowest BCUT2D eigenvalue weighted by Gasteiger charge is -2.52. The summed E-state index contributed by atoms with van der Waals surface area (Å²) in [7, 11) is -2.77. The first-order valence-corrected chi connectivity index (χ1v) is 13.6. The minimum atomic E-state index is -2.77. The molecule has 4 aromatic rings. The number of hydrogen-bond donors (Lipinski definition) is 1. The van der Waals surface area contributed by atoms with Gasteiger partial charge in [-0.25, -0.2) is 9.18 Å². The van der Waals surface area contributed by atoms with Crippen LogP contribution in [0.5, 0.6) is 0 Å². The molecule has 0 bridgehead atoms. The minimum absolute atomic E-state index is 0.0624. The molecule has 1 heterocycles. The van der Waals surface area contributed by atoms with Crippen molar-refractivity contribution in [1.29, 1.82) is 0 Å².